The maximum Gasteiger partial charge on any atom is 1.00 e. The molecule has 0 saturated heterocycles. The molecular formula is C2H4N2Na2O4Si. The van der Waals surface area contributed by atoms with Crippen LogP contribution in [0.15, 0.2) is 0 Å². The van der Waals surface area contributed by atoms with Crippen LogP contribution in [0.3, 0.4) is 0 Å². The second-order valence-electron chi connectivity index (χ2n) is 0.600. The molecule has 0 saturated carbocycles. The Kier molecular flexibility index (Phi) is 60.4. The van der Waals surface area contributed by atoms with Crippen molar-refractivity contribution in [3.05, 3.63) is 13.1 Å². The summed E-state index contributed by atoms with van der Waals surface area (Å²) in [4.78, 5) is 29.3. The Labute approximate surface area is 110 Å². The van der Waals surface area contributed by atoms with Gasteiger partial charge in [-0.15, -0.1) is 0 Å². The van der Waals surface area contributed by atoms with Crippen molar-refractivity contribution in [2.75, 3.05) is 0 Å². The van der Waals surface area contributed by atoms with Crippen LogP contribution in [-0.2, 0) is 0 Å². The van der Waals surface area contributed by atoms with E-state index in [4.69, 9.17) is 42.9 Å². The molecule has 0 aromatic carbocycles. The van der Waals surface area contributed by atoms with Crippen molar-refractivity contribution in [3.8, 4) is 0 Å². The van der Waals surface area contributed by atoms with Gasteiger partial charge in [-0.1, -0.05) is 0 Å². The average molecular weight is 194 g/mol. The zero-order valence-electron chi connectivity index (χ0n) is 6.18. The van der Waals surface area contributed by atoms with E-state index in [1.54, 1.807) is 0 Å². The quantitative estimate of drug-likeness (QED) is 0.224. The first-order valence-corrected chi connectivity index (χ1v) is 3.13. The molecule has 0 radical (unpaired) electrons. The summed E-state index contributed by atoms with van der Waals surface area (Å²) in [6, 6.07) is 0. The molecule has 0 aromatic rings. The van der Waals surface area contributed by atoms with Gasteiger partial charge in [0, 0.05) is 0 Å². The van der Waals surface area contributed by atoms with Crippen LogP contribution in [0.4, 0.5) is 0 Å². The summed E-state index contributed by atoms with van der Waals surface area (Å²) in [6.07, 6.45) is 0. The molecule has 0 fully saturated rings. The molecule has 4 N–H and O–H groups in total. The Morgan fingerprint density at radius 2 is 0.727 bits per heavy atom. The predicted octanol–water partition coefficient (Wildman–Crippen LogP) is -8.41. The van der Waals surface area contributed by atoms with Crippen LogP contribution >= 0.6 is 0 Å². The van der Waals surface area contributed by atoms with Gasteiger partial charge in [-0.2, -0.15) is 0 Å². The number of hydrogen-bond donors (Lipinski definition) is 4. The molecule has 0 spiro atoms. The van der Waals surface area contributed by atoms with Gasteiger partial charge in [0.05, 0.1) is 0 Å². The van der Waals surface area contributed by atoms with Crippen LogP contribution in [0.2, 0.25) is 0 Å². The molecule has 0 aromatic heterocycles. The van der Waals surface area contributed by atoms with Crippen molar-refractivity contribution in [1.29, 1.82) is 10.5 Å². The Morgan fingerprint density at radius 1 is 0.727 bits per heavy atom. The number of hydrogen-bond acceptors (Lipinski definition) is 6. The van der Waals surface area contributed by atoms with E-state index in [1.165, 1.54) is 0 Å². The normalized spacial score (nSPS) is 5.82. The van der Waals surface area contributed by atoms with Crippen LogP contribution < -0.4 is 59.1 Å². The average Bonchev–Trinajstić information content (AvgIpc) is 1.72. The van der Waals surface area contributed by atoms with Crippen LogP contribution in [0.5, 0.6) is 0 Å². The summed E-state index contributed by atoms with van der Waals surface area (Å²) >= 11 is 0. The van der Waals surface area contributed by atoms with E-state index in [-0.39, 0.29) is 59.1 Å². The third-order valence-electron chi connectivity index (χ3n) is 0. The van der Waals surface area contributed by atoms with E-state index < -0.39 is 9.05 Å². The topological polar surface area (TPSA) is 128 Å². The Balaban J connectivity index is -0.0000000178. The van der Waals surface area contributed by atoms with E-state index in [9.17, 15) is 0 Å². The zero-order chi connectivity index (χ0) is 8.50. The molecule has 0 heterocycles. The molecule has 0 aliphatic heterocycles. The molecule has 0 aliphatic carbocycles. The summed E-state index contributed by atoms with van der Waals surface area (Å²) in [5, 5.41) is 12.5. The second kappa shape index (κ2) is 22.5. The van der Waals surface area contributed by atoms with Gasteiger partial charge in [-0.3, -0.25) is 0 Å². The molecule has 0 amide bonds. The summed E-state index contributed by atoms with van der Waals surface area (Å²) in [7, 11) is -4.61. The number of nitrogens with zero attached hydrogens (tertiary/aromatic N) is 2. The molecule has 0 rings (SSSR count). The molecular weight excluding hydrogens is 190 g/mol. The summed E-state index contributed by atoms with van der Waals surface area (Å²) < 4.78 is 0. The Morgan fingerprint density at radius 3 is 0.727 bits per heavy atom. The van der Waals surface area contributed by atoms with Crippen molar-refractivity contribution in [1.82, 2.24) is 0 Å². The van der Waals surface area contributed by atoms with Crippen LogP contribution in [0.1, 0.15) is 0 Å². The first kappa shape index (κ1) is 29.6. The molecule has 0 atom stereocenters. The van der Waals surface area contributed by atoms with Gasteiger partial charge in [0.25, 0.3) is 0 Å². The van der Waals surface area contributed by atoms with Gasteiger partial charge in [0.15, 0.2) is 0 Å². The fraction of sp³-hybridized carbons (Fsp3) is 0. The second-order valence-corrected chi connectivity index (χ2v) is 1.80. The standard InChI is InChI=1S/2CN.2Na.H4O4Si/c2*1-2;;;1-5(2,3)4/h;;;;1-4H/q2*-1;2*+1;. The van der Waals surface area contributed by atoms with Gasteiger partial charge in [-0.25, -0.2) is 0 Å². The summed E-state index contributed by atoms with van der Waals surface area (Å²) in [5.74, 6) is 0. The van der Waals surface area contributed by atoms with Crippen molar-refractivity contribution in [2.45, 2.75) is 0 Å². The minimum atomic E-state index is -4.61. The SMILES string of the molecule is O[Si](O)(O)O.[C-]#N.[C-]#N.[Na+].[Na+]. The molecule has 52 valence electrons. The fourth-order valence-electron chi connectivity index (χ4n) is 0. The van der Waals surface area contributed by atoms with Crippen LogP contribution in [0, 0.1) is 23.7 Å². The van der Waals surface area contributed by atoms with Crippen molar-refractivity contribution < 1.29 is 78.3 Å². The molecule has 0 bridgehead atoms. The van der Waals surface area contributed by atoms with E-state index in [1.807, 2.05) is 0 Å². The smallest absolute Gasteiger partial charge is 0.512 e. The third-order valence-corrected chi connectivity index (χ3v) is 0. The molecule has 0 unspecified atom stereocenters. The monoisotopic (exact) mass is 194 g/mol. The van der Waals surface area contributed by atoms with E-state index in [0.717, 1.165) is 0 Å². The first-order valence-electron chi connectivity index (χ1n) is 1.34. The van der Waals surface area contributed by atoms with Crippen molar-refractivity contribution >= 4 is 9.05 Å². The van der Waals surface area contributed by atoms with Crippen LogP contribution in [0.25, 0.3) is 0 Å². The number of rotatable bonds is 0. The summed E-state index contributed by atoms with van der Waals surface area (Å²) in [5.41, 5.74) is 0. The Hall–Kier alpha value is 1.04. The van der Waals surface area contributed by atoms with Crippen LogP contribution in [-0.4, -0.2) is 28.2 Å². The maximum atomic E-state index is 7.33. The maximum absolute atomic E-state index is 7.33. The molecule has 6 nitrogen and oxygen atoms in total. The van der Waals surface area contributed by atoms with Crippen molar-refractivity contribution in [2.24, 2.45) is 0 Å². The predicted molar refractivity (Wildman–Crippen MR) is 24.6 cm³/mol. The minimum Gasteiger partial charge on any atom is -0.512 e. The van der Waals surface area contributed by atoms with Gasteiger partial charge < -0.3 is 42.9 Å². The zero-order valence-corrected chi connectivity index (χ0v) is 11.2. The van der Waals surface area contributed by atoms with Gasteiger partial charge in [0.2, 0.25) is 0 Å². The Bertz CT molecular complexity index is 79.1. The fourth-order valence-corrected chi connectivity index (χ4v) is 0. The minimum absolute atomic E-state index is 0. The third kappa shape index (κ3) is 838. The molecule has 11 heavy (non-hydrogen) atoms. The molecule has 9 heteroatoms. The van der Waals surface area contributed by atoms with Crippen molar-refractivity contribution in [3.63, 3.8) is 0 Å². The van der Waals surface area contributed by atoms with Gasteiger partial charge >= 0.3 is 68.2 Å². The van der Waals surface area contributed by atoms with Gasteiger partial charge in [-0.05, 0) is 0 Å². The summed E-state index contributed by atoms with van der Waals surface area (Å²) in [6.45, 7) is 9.50. The first-order chi connectivity index (χ1) is 4.00. The van der Waals surface area contributed by atoms with E-state index in [2.05, 4.69) is 0 Å². The van der Waals surface area contributed by atoms with Gasteiger partial charge in [0.1, 0.15) is 0 Å². The molecule has 0 aliphatic rings. The van der Waals surface area contributed by atoms with E-state index >= 15 is 0 Å². The largest absolute Gasteiger partial charge is 1.00 e. The van der Waals surface area contributed by atoms with E-state index in [0.29, 0.717) is 0 Å².